The van der Waals surface area contributed by atoms with Gasteiger partial charge in [-0.25, -0.2) is 9.97 Å². The van der Waals surface area contributed by atoms with E-state index < -0.39 is 0 Å². The number of aromatic amines is 1. The molecule has 4 rings (SSSR count). The maximum atomic E-state index is 11.9. The molecule has 0 aliphatic rings. The average molecular weight is 385 g/mol. The lowest BCUT2D eigenvalue weighted by Crippen LogP contribution is -2.23. The van der Waals surface area contributed by atoms with Crippen LogP contribution in [0.5, 0.6) is 5.88 Å². The SMILES string of the molecule is C=CC(=O)N(C)c1cncc(-c2cnc3[nH]cc(-c4ccnc(OC)c4)c3c2)c1. The molecule has 0 aliphatic carbocycles. The molecule has 0 fully saturated rings. The van der Waals surface area contributed by atoms with Crippen LogP contribution in [0.3, 0.4) is 0 Å². The normalized spacial score (nSPS) is 10.7. The Morgan fingerprint density at radius 2 is 1.97 bits per heavy atom. The van der Waals surface area contributed by atoms with Crippen LogP contribution in [0.4, 0.5) is 5.69 Å². The maximum Gasteiger partial charge on any atom is 0.250 e. The van der Waals surface area contributed by atoms with Crippen LogP contribution < -0.4 is 9.64 Å². The van der Waals surface area contributed by atoms with E-state index in [0.717, 1.165) is 33.3 Å². The van der Waals surface area contributed by atoms with Gasteiger partial charge in [0.15, 0.2) is 0 Å². The van der Waals surface area contributed by atoms with Crippen molar-refractivity contribution >= 4 is 22.6 Å². The largest absolute Gasteiger partial charge is 0.481 e. The van der Waals surface area contributed by atoms with Crippen molar-refractivity contribution < 1.29 is 9.53 Å². The number of fused-ring (bicyclic) bond motifs is 1. The van der Waals surface area contributed by atoms with Crippen LogP contribution in [-0.4, -0.2) is 40.0 Å². The van der Waals surface area contributed by atoms with Crippen LogP contribution in [0, 0.1) is 0 Å². The minimum atomic E-state index is -0.197. The van der Waals surface area contributed by atoms with Gasteiger partial charge in [-0.05, 0) is 29.8 Å². The lowest BCUT2D eigenvalue weighted by atomic mass is 10.0. The zero-order valence-corrected chi connectivity index (χ0v) is 16.1. The molecule has 144 valence electrons. The maximum absolute atomic E-state index is 11.9. The molecule has 0 bridgehead atoms. The lowest BCUT2D eigenvalue weighted by Gasteiger charge is -2.15. The summed E-state index contributed by atoms with van der Waals surface area (Å²) in [7, 11) is 3.28. The van der Waals surface area contributed by atoms with Gasteiger partial charge in [-0.15, -0.1) is 0 Å². The Morgan fingerprint density at radius 3 is 2.76 bits per heavy atom. The number of nitrogens with one attached hydrogen (secondary N) is 1. The number of carbonyl (C=O) groups is 1. The third kappa shape index (κ3) is 3.45. The number of amides is 1. The summed E-state index contributed by atoms with van der Waals surface area (Å²) in [6.07, 6.45) is 10.1. The number of likely N-dealkylation sites (N-methyl/N-ethyl adjacent to an activating group) is 1. The molecule has 4 heterocycles. The second kappa shape index (κ2) is 7.55. The molecule has 29 heavy (non-hydrogen) atoms. The Balaban J connectivity index is 1.78. The van der Waals surface area contributed by atoms with Crippen molar-refractivity contribution in [1.82, 2.24) is 19.9 Å². The summed E-state index contributed by atoms with van der Waals surface area (Å²) in [5, 5.41) is 0.969. The van der Waals surface area contributed by atoms with E-state index in [1.165, 1.54) is 11.0 Å². The predicted molar refractivity (Wildman–Crippen MR) is 113 cm³/mol. The van der Waals surface area contributed by atoms with Gasteiger partial charge in [0.1, 0.15) is 5.65 Å². The van der Waals surface area contributed by atoms with Crippen LogP contribution in [0.25, 0.3) is 33.3 Å². The molecule has 0 spiro atoms. The fourth-order valence-corrected chi connectivity index (χ4v) is 3.12. The molecule has 0 saturated carbocycles. The van der Waals surface area contributed by atoms with E-state index >= 15 is 0 Å². The van der Waals surface area contributed by atoms with Gasteiger partial charge in [-0.1, -0.05) is 6.58 Å². The van der Waals surface area contributed by atoms with Crippen molar-refractivity contribution in [3.8, 4) is 28.1 Å². The van der Waals surface area contributed by atoms with Crippen molar-refractivity contribution in [3.63, 3.8) is 0 Å². The van der Waals surface area contributed by atoms with Gasteiger partial charge in [-0.2, -0.15) is 0 Å². The summed E-state index contributed by atoms with van der Waals surface area (Å²) in [5.41, 5.74) is 5.19. The molecule has 4 aromatic rings. The Hall–Kier alpha value is -4.00. The third-order valence-corrected chi connectivity index (χ3v) is 4.74. The summed E-state index contributed by atoms with van der Waals surface area (Å²) in [4.78, 5) is 29.6. The van der Waals surface area contributed by atoms with Gasteiger partial charge >= 0.3 is 0 Å². The number of H-pyrrole nitrogens is 1. The molecule has 0 aliphatic heterocycles. The Morgan fingerprint density at radius 1 is 1.14 bits per heavy atom. The smallest absolute Gasteiger partial charge is 0.250 e. The number of hydrogen-bond donors (Lipinski definition) is 1. The van der Waals surface area contributed by atoms with Gasteiger partial charge < -0.3 is 14.6 Å². The van der Waals surface area contributed by atoms with E-state index in [1.54, 1.807) is 38.9 Å². The standard InChI is InChI=1S/C22H19N5O2/c1-4-21(28)27(2)17-7-15(10-23-12-17)16-8-18-19(13-26-22(18)25-11-16)14-5-6-24-20(9-14)29-3/h4-13H,1H2,2-3H3,(H,25,26). The molecule has 0 radical (unpaired) electrons. The van der Waals surface area contributed by atoms with Crippen molar-refractivity contribution in [2.24, 2.45) is 0 Å². The second-order valence-electron chi connectivity index (χ2n) is 6.44. The van der Waals surface area contributed by atoms with Crippen LogP contribution in [-0.2, 0) is 4.79 Å². The van der Waals surface area contributed by atoms with E-state index in [1.807, 2.05) is 24.4 Å². The van der Waals surface area contributed by atoms with E-state index in [9.17, 15) is 4.79 Å². The second-order valence-corrected chi connectivity index (χ2v) is 6.44. The van der Waals surface area contributed by atoms with Crippen LogP contribution in [0.15, 0.2) is 67.9 Å². The molecule has 0 unspecified atom stereocenters. The molecule has 7 heteroatoms. The Labute approximate surface area is 167 Å². The lowest BCUT2D eigenvalue weighted by molar-refractivity contribution is -0.113. The van der Waals surface area contributed by atoms with Gasteiger partial charge in [0.05, 0.1) is 19.0 Å². The number of nitrogens with zero attached hydrogens (tertiary/aromatic N) is 4. The van der Waals surface area contributed by atoms with Gasteiger partial charge in [-0.3, -0.25) is 9.78 Å². The van der Waals surface area contributed by atoms with Crippen molar-refractivity contribution in [2.45, 2.75) is 0 Å². The molecular weight excluding hydrogens is 366 g/mol. The molecule has 0 saturated heterocycles. The van der Waals surface area contributed by atoms with E-state index in [4.69, 9.17) is 4.74 Å². The summed E-state index contributed by atoms with van der Waals surface area (Å²) in [6, 6.07) is 7.76. The Kier molecular flexibility index (Phi) is 4.78. The minimum absolute atomic E-state index is 0.197. The molecule has 0 aromatic carbocycles. The van der Waals surface area contributed by atoms with Crippen LogP contribution in [0.1, 0.15) is 0 Å². The zero-order chi connectivity index (χ0) is 20.4. The molecule has 7 nitrogen and oxygen atoms in total. The van der Waals surface area contributed by atoms with Gasteiger partial charge in [0.2, 0.25) is 11.8 Å². The summed E-state index contributed by atoms with van der Waals surface area (Å²) in [6.45, 7) is 3.53. The molecule has 1 amide bonds. The first-order valence-electron chi connectivity index (χ1n) is 8.94. The molecule has 4 aromatic heterocycles. The Bertz CT molecular complexity index is 1210. The number of carbonyl (C=O) groups excluding carboxylic acids is 1. The van der Waals surface area contributed by atoms with Crippen molar-refractivity contribution in [3.05, 3.63) is 67.9 Å². The number of ether oxygens (including phenoxy) is 1. The highest BCUT2D eigenvalue weighted by Gasteiger charge is 2.12. The minimum Gasteiger partial charge on any atom is -0.481 e. The first kappa shape index (κ1) is 18.4. The number of aromatic nitrogens is 4. The van der Waals surface area contributed by atoms with Crippen molar-refractivity contribution in [2.75, 3.05) is 19.1 Å². The van der Waals surface area contributed by atoms with E-state index in [2.05, 4.69) is 32.6 Å². The summed E-state index contributed by atoms with van der Waals surface area (Å²) < 4.78 is 5.24. The first-order valence-corrected chi connectivity index (χ1v) is 8.94. The fourth-order valence-electron chi connectivity index (χ4n) is 3.12. The highest BCUT2D eigenvalue weighted by atomic mass is 16.5. The first-order chi connectivity index (χ1) is 14.1. The van der Waals surface area contributed by atoms with Crippen molar-refractivity contribution in [1.29, 1.82) is 0 Å². The monoisotopic (exact) mass is 385 g/mol. The molecule has 1 N–H and O–H groups in total. The van der Waals surface area contributed by atoms with E-state index in [0.29, 0.717) is 11.6 Å². The summed E-state index contributed by atoms with van der Waals surface area (Å²) in [5.74, 6) is 0.352. The number of pyridine rings is 3. The highest BCUT2D eigenvalue weighted by molar-refractivity contribution is 6.01. The predicted octanol–water partition coefficient (Wildman–Crippen LogP) is 3.84. The quantitative estimate of drug-likeness (QED) is 0.528. The third-order valence-electron chi connectivity index (χ3n) is 4.74. The molecular formula is C22H19N5O2. The topological polar surface area (TPSA) is 84.0 Å². The number of rotatable bonds is 5. The molecule has 0 atom stereocenters. The summed E-state index contributed by atoms with van der Waals surface area (Å²) >= 11 is 0. The fraction of sp³-hybridized carbons (Fsp3) is 0.0909. The number of anilines is 1. The highest BCUT2D eigenvalue weighted by Crippen LogP contribution is 2.32. The number of methoxy groups -OCH3 is 1. The zero-order valence-electron chi connectivity index (χ0n) is 16.1. The van der Waals surface area contributed by atoms with Crippen LogP contribution in [0.2, 0.25) is 0 Å². The average Bonchev–Trinajstić information content (AvgIpc) is 3.21. The van der Waals surface area contributed by atoms with Gasteiger partial charge in [0, 0.05) is 60.0 Å². The van der Waals surface area contributed by atoms with Crippen LogP contribution >= 0.6 is 0 Å². The van der Waals surface area contributed by atoms with Gasteiger partial charge in [0.25, 0.3) is 0 Å². The van der Waals surface area contributed by atoms with E-state index in [-0.39, 0.29) is 5.91 Å². The number of hydrogen-bond acceptors (Lipinski definition) is 5.